The van der Waals surface area contributed by atoms with E-state index in [0.29, 0.717) is 0 Å². The molecule has 0 radical (unpaired) electrons. The molecule has 0 atom stereocenters. The predicted molar refractivity (Wildman–Crippen MR) is 92.9 cm³/mol. The summed E-state index contributed by atoms with van der Waals surface area (Å²) < 4.78 is 36.2. The molecular formula is C17H20N2O5S. The van der Waals surface area contributed by atoms with Crippen molar-refractivity contribution in [2.45, 2.75) is 26.4 Å². The van der Waals surface area contributed by atoms with Gasteiger partial charge < -0.3 is 9.15 Å². The van der Waals surface area contributed by atoms with Crippen LogP contribution in [0.1, 0.15) is 35.8 Å². The number of oxazole rings is 1. The molecule has 2 rings (SSSR count). The molecule has 0 saturated heterocycles. The lowest BCUT2D eigenvalue weighted by atomic mass is 10.2. The molecule has 0 aliphatic rings. The minimum atomic E-state index is -3.70. The van der Waals surface area contributed by atoms with Gasteiger partial charge in [-0.2, -0.15) is 4.31 Å². The highest BCUT2D eigenvalue weighted by Gasteiger charge is 2.25. The highest BCUT2D eigenvalue weighted by Crippen LogP contribution is 2.16. The van der Waals surface area contributed by atoms with Crippen molar-refractivity contribution < 1.29 is 22.4 Å². The van der Waals surface area contributed by atoms with Gasteiger partial charge in [-0.3, -0.25) is 0 Å². The van der Waals surface area contributed by atoms with Gasteiger partial charge in [0, 0.05) is 11.4 Å². The number of carbonyl (C=O) groups excluding carboxylic acids is 1. The third-order valence-electron chi connectivity index (χ3n) is 3.37. The quantitative estimate of drug-likeness (QED) is 0.702. The number of rotatable bonds is 7. The average Bonchev–Trinajstić information content (AvgIpc) is 3.06. The molecule has 8 heteroatoms. The third kappa shape index (κ3) is 5.01. The van der Waals surface area contributed by atoms with Gasteiger partial charge in [0.2, 0.25) is 15.9 Å². The molecule has 1 aromatic carbocycles. The number of nitrogens with zero attached hydrogens (tertiary/aromatic N) is 2. The van der Waals surface area contributed by atoms with Crippen LogP contribution in [-0.2, 0) is 21.3 Å². The first-order valence-electron chi connectivity index (χ1n) is 7.61. The summed E-state index contributed by atoms with van der Waals surface area (Å²) >= 11 is 0. The number of hydrogen-bond acceptors (Lipinski definition) is 6. The molecule has 0 fully saturated rings. The highest BCUT2D eigenvalue weighted by atomic mass is 32.2. The van der Waals surface area contributed by atoms with Gasteiger partial charge in [-0.05, 0) is 25.5 Å². The van der Waals surface area contributed by atoms with E-state index in [2.05, 4.69) is 9.72 Å². The number of benzene rings is 1. The summed E-state index contributed by atoms with van der Waals surface area (Å²) in [6.45, 7) is 3.41. The summed E-state index contributed by atoms with van der Waals surface area (Å²) in [4.78, 5) is 15.4. The van der Waals surface area contributed by atoms with Gasteiger partial charge in [-0.1, -0.05) is 30.3 Å². The van der Waals surface area contributed by atoms with Crippen molar-refractivity contribution in [2.24, 2.45) is 0 Å². The van der Waals surface area contributed by atoms with Crippen LogP contribution in [0.2, 0.25) is 0 Å². The van der Waals surface area contributed by atoms with Crippen molar-refractivity contribution in [2.75, 3.05) is 7.11 Å². The van der Waals surface area contributed by atoms with Gasteiger partial charge in [0.15, 0.2) is 5.69 Å². The van der Waals surface area contributed by atoms with Crippen LogP contribution < -0.4 is 0 Å². The molecule has 1 aromatic heterocycles. The summed E-state index contributed by atoms with van der Waals surface area (Å²) in [6.07, 6.45) is 2.67. The van der Waals surface area contributed by atoms with Gasteiger partial charge in [-0.25, -0.2) is 18.2 Å². The van der Waals surface area contributed by atoms with Crippen molar-refractivity contribution in [3.63, 3.8) is 0 Å². The Bertz CT molecular complexity index is 841. The first-order valence-corrected chi connectivity index (χ1v) is 9.11. The molecule has 0 spiro atoms. The Morgan fingerprint density at radius 2 is 2.00 bits per heavy atom. The van der Waals surface area contributed by atoms with E-state index in [9.17, 15) is 13.2 Å². The average molecular weight is 364 g/mol. The maximum atomic E-state index is 12.6. The van der Waals surface area contributed by atoms with Crippen LogP contribution in [0.15, 0.2) is 46.4 Å². The largest absolute Gasteiger partial charge is 0.464 e. The Morgan fingerprint density at radius 1 is 1.32 bits per heavy atom. The van der Waals surface area contributed by atoms with Crippen molar-refractivity contribution in [3.05, 3.63) is 59.2 Å². The number of sulfonamides is 1. The molecule has 0 N–H and O–H groups in total. The Hall–Kier alpha value is -2.45. The maximum absolute atomic E-state index is 12.6. The number of methoxy groups -OCH3 is 1. The SMILES string of the molecule is COC(=O)c1coc(CN(C(C)C)S(=O)(=O)/C=C/c2ccccc2)n1. The lowest BCUT2D eigenvalue weighted by Gasteiger charge is -2.22. The fourth-order valence-corrected chi connectivity index (χ4v) is 3.45. The molecule has 2 aromatic rings. The van der Waals surface area contributed by atoms with Gasteiger partial charge in [0.25, 0.3) is 0 Å². The molecule has 0 saturated carbocycles. The van der Waals surface area contributed by atoms with Crippen LogP contribution in [0.4, 0.5) is 0 Å². The second-order valence-electron chi connectivity index (χ2n) is 5.52. The summed E-state index contributed by atoms with van der Waals surface area (Å²) in [5, 5.41) is 1.15. The molecule has 0 unspecified atom stereocenters. The second kappa shape index (κ2) is 8.09. The van der Waals surface area contributed by atoms with Crippen molar-refractivity contribution >= 4 is 22.1 Å². The van der Waals surface area contributed by atoms with E-state index in [4.69, 9.17) is 4.42 Å². The standard InChI is InChI=1S/C17H20N2O5S/c1-13(2)19(11-16-18-15(12-24-16)17(20)23-3)25(21,22)10-9-14-7-5-4-6-8-14/h4-10,12-13H,11H2,1-3H3/b10-9+. The van der Waals surface area contributed by atoms with E-state index in [1.54, 1.807) is 13.8 Å². The zero-order chi connectivity index (χ0) is 18.4. The van der Waals surface area contributed by atoms with E-state index in [0.717, 1.165) is 17.2 Å². The van der Waals surface area contributed by atoms with Gasteiger partial charge in [0.05, 0.1) is 13.7 Å². The fraction of sp³-hybridized carbons (Fsp3) is 0.294. The zero-order valence-electron chi connectivity index (χ0n) is 14.2. The summed E-state index contributed by atoms with van der Waals surface area (Å²) in [7, 11) is -2.47. The topological polar surface area (TPSA) is 89.7 Å². The normalized spacial score (nSPS) is 12.2. The first-order chi connectivity index (χ1) is 11.8. The number of ether oxygens (including phenoxy) is 1. The van der Waals surface area contributed by atoms with Crippen LogP contribution in [0.3, 0.4) is 0 Å². The van der Waals surface area contributed by atoms with E-state index < -0.39 is 16.0 Å². The lowest BCUT2D eigenvalue weighted by Crippen LogP contribution is -2.35. The zero-order valence-corrected chi connectivity index (χ0v) is 15.1. The van der Waals surface area contributed by atoms with E-state index in [1.165, 1.54) is 17.5 Å². The number of hydrogen-bond donors (Lipinski definition) is 0. The first kappa shape index (κ1) is 18.9. The third-order valence-corrected chi connectivity index (χ3v) is 5.06. The molecule has 25 heavy (non-hydrogen) atoms. The Balaban J connectivity index is 2.20. The predicted octanol–water partition coefficient (Wildman–Crippen LogP) is 2.67. The molecule has 0 amide bonds. The number of carbonyl (C=O) groups is 1. The van der Waals surface area contributed by atoms with Gasteiger partial charge in [0.1, 0.15) is 6.26 Å². The monoisotopic (exact) mass is 364 g/mol. The smallest absolute Gasteiger partial charge is 0.360 e. The van der Waals surface area contributed by atoms with Crippen LogP contribution in [0.25, 0.3) is 6.08 Å². The summed E-state index contributed by atoms with van der Waals surface area (Å²) in [5.74, 6) is -0.524. The van der Waals surface area contributed by atoms with Crippen LogP contribution in [0, 0.1) is 0 Å². The van der Waals surface area contributed by atoms with Crippen molar-refractivity contribution in [3.8, 4) is 0 Å². The molecule has 0 aliphatic heterocycles. The number of esters is 1. The Kier molecular flexibility index (Phi) is 6.11. The number of aromatic nitrogens is 1. The maximum Gasteiger partial charge on any atom is 0.360 e. The van der Waals surface area contributed by atoms with Gasteiger partial charge >= 0.3 is 5.97 Å². The molecule has 0 aliphatic carbocycles. The Morgan fingerprint density at radius 3 is 2.60 bits per heavy atom. The van der Waals surface area contributed by atoms with Crippen molar-refractivity contribution in [1.29, 1.82) is 0 Å². The highest BCUT2D eigenvalue weighted by molar-refractivity contribution is 7.92. The van der Waals surface area contributed by atoms with E-state index >= 15 is 0 Å². The van der Waals surface area contributed by atoms with E-state index in [1.807, 2.05) is 30.3 Å². The molecule has 7 nitrogen and oxygen atoms in total. The van der Waals surface area contributed by atoms with Crippen LogP contribution >= 0.6 is 0 Å². The minimum Gasteiger partial charge on any atom is -0.464 e. The summed E-state index contributed by atoms with van der Waals surface area (Å²) in [6, 6.07) is 8.80. The molecule has 1 heterocycles. The Labute approximate surface area is 147 Å². The molecular weight excluding hydrogens is 344 g/mol. The second-order valence-corrected chi connectivity index (χ2v) is 7.29. The molecule has 134 valence electrons. The fourth-order valence-electron chi connectivity index (χ4n) is 2.09. The van der Waals surface area contributed by atoms with Gasteiger partial charge in [-0.15, -0.1) is 0 Å². The molecule has 0 bridgehead atoms. The minimum absolute atomic E-state index is 0.00145. The summed E-state index contributed by atoms with van der Waals surface area (Å²) in [5.41, 5.74) is 0.775. The van der Waals surface area contributed by atoms with Crippen molar-refractivity contribution in [1.82, 2.24) is 9.29 Å². The van der Waals surface area contributed by atoms with Crippen LogP contribution in [-0.4, -0.2) is 36.8 Å². The van der Waals surface area contributed by atoms with Crippen LogP contribution in [0.5, 0.6) is 0 Å². The van der Waals surface area contributed by atoms with E-state index in [-0.39, 0.29) is 24.2 Å². The lowest BCUT2D eigenvalue weighted by molar-refractivity contribution is 0.0594.